The van der Waals surface area contributed by atoms with Crippen LogP contribution in [0.15, 0.2) is 18.5 Å². The minimum absolute atomic E-state index is 0.243. The monoisotopic (exact) mass is 312 g/mol. The topological polar surface area (TPSA) is 42.7 Å². The molecule has 0 saturated carbocycles. The minimum Gasteiger partial charge on any atom is -0.309 e. The maximum Gasteiger partial charge on any atom is 0.138 e. The SMILES string of the molecule is CCNC(Cc1ncnn1CC(C)C)c1ccc(Cl)s1. The molecule has 0 amide bonds. The molecule has 0 aliphatic carbocycles. The highest BCUT2D eigenvalue weighted by Crippen LogP contribution is 2.28. The zero-order chi connectivity index (χ0) is 14.5. The van der Waals surface area contributed by atoms with Crippen LogP contribution in [0.1, 0.15) is 37.5 Å². The molecule has 4 nitrogen and oxygen atoms in total. The molecule has 0 aliphatic heterocycles. The summed E-state index contributed by atoms with van der Waals surface area (Å²) < 4.78 is 2.83. The van der Waals surface area contributed by atoms with Crippen molar-refractivity contribution in [1.82, 2.24) is 20.1 Å². The van der Waals surface area contributed by atoms with Crippen LogP contribution in [-0.4, -0.2) is 21.3 Å². The van der Waals surface area contributed by atoms with Crippen LogP contribution in [0.3, 0.4) is 0 Å². The van der Waals surface area contributed by atoms with E-state index in [9.17, 15) is 0 Å². The molecule has 2 aromatic rings. The molecule has 110 valence electrons. The van der Waals surface area contributed by atoms with E-state index >= 15 is 0 Å². The summed E-state index contributed by atoms with van der Waals surface area (Å²) in [6.45, 7) is 8.30. The van der Waals surface area contributed by atoms with E-state index in [0.29, 0.717) is 5.92 Å². The smallest absolute Gasteiger partial charge is 0.138 e. The molecular weight excluding hydrogens is 292 g/mol. The predicted octanol–water partition coefficient (Wildman–Crippen LogP) is 3.54. The Bertz CT molecular complexity index is 535. The fourth-order valence-electron chi connectivity index (χ4n) is 2.16. The van der Waals surface area contributed by atoms with Gasteiger partial charge in [-0.25, -0.2) is 9.67 Å². The van der Waals surface area contributed by atoms with Crippen molar-refractivity contribution < 1.29 is 0 Å². The van der Waals surface area contributed by atoms with E-state index in [1.54, 1.807) is 17.7 Å². The summed E-state index contributed by atoms with van der Waals surface area (Å²) in [4.78, 5) is 5.65. The van der Waals surface area contributed by atoms with Gasteiger partial charge in [-0.3, -0.25) is 0 Å². The van der Waals surface area contributed by atoms with Crippen LogP contribution in [0, 0.1) is 5.92 Å². The quantitative estimate of drug-likeness (QED) is 0.850. The van der Waals surface area contributed by atoms with Gasteiger partial charge in [-0.1, -0.05) is 32.4 Å². The normalized spacial score (nSPS) is 13.1. The molecule has 2 aromatic heterocycles. The first-order chi connectivity index (χ1) is 9.60. The van der Waals surface area contributed by atoms with Gasteiger partial charge < -0.3 is 5.32 Å². The average molecular weight is 313 g/mol. The second-order valence-electron chi connectivity index (χ2n) is 5.21. The van der Waals surface area contributed by atoms with Crippen molar-refractivity contribution >= 4 is 22.9 Å². The van der Waals surface area contributed by atoms with Gasteiger partial charge >= 0.3 is 0 Å². The van der Waals surface area contributed by atoms with Gasteiger partial charge in [0.1, 0.15) is 12.2 Å². The molecule has 6 heteroatoms. The number of likely N-dealkylation sites (N-methyl/N-ethyl adjacent to an activating group) is 1. The molecule has 0 radical (unpaired) electrons. The third kappa shape index (κ3) is 4.04. The Morgan fingerprint density at radius 1 is 1.40 bits per heavy atom. The van der Waals surface area contributed by atoms with Crippen molar-refractivity contribution in [2.24, 2.45) is 5.92 Å². The second-order valence-corrected chi connectivity index (χ2v) is 6.96. The van der Waals surface area contributed by atoms with E-state index in [4.69, 9.17) is 11.6 Å². The van der Waals surface area contributed by atoms with Crippen LogP contribution >= 0.6 is 22.9 Å². The number of hydrogen-bond donors (Lipinski definition) is 1. The standard InChI is InChI=1S/C14H21ClN4S/c1-4-16-11(12-5-6-13(15)20-12)7-14-17-9-18-19(14)8-10(2)3/h5-6,9-11,16H,4,7-8H2,1-3H3. The molecule has 0 spiro atoms. The summed E-state index contributed by atoms with van der Waals surface area (Å²) in [5.41, 5.74) is 0. The zero-order valence-electron chi connectivity index (χ0n) is 12.1. The average Bonchev–Trinajstić information content (AvgIpc) is 2.98. The Kier molecular flexibility index (Phi) is 5.57. The van der Waals surface area contributed by atoms with Crippen LogP contribution in [0.2, 0.25) is 4.34 Å². The molecule has 0 saturated heterocycles. The van der Waals surface area contributed by atoms with Crippen LogP contribution in [-0.2, 0) is 13.0 Å². The molecule has 1 N–H and O–H groups in total. The third-order valence-corrected chi connectivity index (χ3v) is 4.35. The number of halogens is 1. The first-order valence-corrected chi connectivity index (χ1v) is 8.14. The summed E-state index contributed by atoms with van der Waals surface area (Å²) in [7, 11) is 0. The Morgan fingerprint density at radius 2 is 2.20 bits per heavy atom. The summed E-state index contributed by atoms with van der Waals surface area (Å²) in [6.07, 6.45) is 2.47. The van der Waals surface area contributed by atoms with Gasteiger partial charge in [0.05, 0.1) is 4.34 Å². The molecule has 2 rings (SSSR count). The van der Waals surface area contributed by atoms with Gasteiger partial charge in [0.15, 0.2) is 0 Å². The number of hydrogen-bond acceptors (Lipinski definition) is 4. The molecule has 2 heterocycles. The fraction of sp³-hybridized carbons (Fsp3) is 0.571. The van der Waals surface area contributed by atoms with Crippen molar-refractivity contribution in [2.75, 3.05) is 6.54 Å². The minimum atomic E-state index is 0.243. The Labute approximate surface area is 129 Å². The molecular formula is C14H21ClN4S. The maximum atomic E-state index is 6.04. The Balaban J connectivity index is 2.14. The van der Waals surface area contributed by atoms with Crippen molar-refractivity contribution in [3.05, 3.63) is 33.5 Å². The first kappa shape index (κ1) is 15.5. The van der Waals surface area contributed by atoms with E-state index in [2.05, 4.69) is 42.2 Å². The Morgan fingerprint density at radius 3 is 2.80 bits per heavy atom. The first-order valence-electron chi connectivity index (χ1n) is 6.95. The number of nitrogens with one attached hydrogen (secondary N) is 1. The van der Waals surface area contributed by atoms with Crippen LogP contribution < -0.4 is 5.32 Å². The van der Waals surface area contributed by atoms with E-state index in [-0.39, 0.29) is 6.04 Å². The van der Waals surface area contributed by atoms with Gasteiger partial charge in [0.25, 0.3) is 0 Å². The molecule has 0 fully saturated rings. The highest BCUT2D eigenvalue weighted by molar-refractivity contribution is 7.16. The lowest BCUT2D eigenvalue weighted by Crippen LogP contribution is -2.24. The molecule has 1 atom stereocenters. The molecule has 0 aliphatic rings. The van der Waals surface area contributed by atoms with E-state index < -0.39 is 0 Å². The number of nitrogens with zero attached hydrogens (tertiary/aromatic N) is 3. The number of thiophene rings is 1. The lowest BCUT2D eigenvalue weighted by molar-refractivity contribution is 0.448. The summed E-state index contributed by atoms with van der Waals surface area (Å²) in [5, 5.41) is 7.83. The van der Waals surface area contributed by atoms with E-state index in [0.717, 1.165) is 29.7 Å². The van der Waals surface area contributed by atoms with Crippen molar-refractivity contribution in [1.29, 1.82) is 0 Å². The largest absolute Gasteiger partial charge is 0.309 e. The lowest BCUT2D eigenvalue weighted by Gasteiger charge is -2.17. The fourth-order valence-corrected chi connectivity index (χ4v) is 3.30. The number of rotatable bonds is 7. The van der Waals surface area contributed by atoms with E-state index in [1.807, 2.05) is 10.7 Å². The summed E-state index contributed by atoms with van der Waals surface area (Å²) >= 11 is 7.67. The molecule has 1 unspecified atom stereocenters. The van der Waals surface area contributed by atoms with Gasteiger partial charge in [0.2, 0.25) is 0 Å². The Hall–Kier alpha value is -0.910. The third-order valence-electron chi connectivity index (χ3n) is 3.01. The van der Waals surface area contributed by atoms with Gasteiger partial charge in [-0.15, -0.1) is 11.3 Å². The van der Waals surface area contributed by atoms with Crippen LogP contribution in [0.4, 0.5) is 0 Å². The van der Waals surface area contributed by atoms with Gasteiger partial charge in [-0.2, -0.15) is 5.10 Å². The summed E-state index contributed by atoms with van der Waals surface area (Å²) in [6, 6.07) is 4.28. The van der Waals surface area contributed by atoms with Crippen LogP contribution in [0.25, 0.3) is 0 Å². The maximum absolute atomic E-state index is 6.04. The highest BCUT2D eigenvalue weighted by atomic mass is 35.5. The van der Waals surface area contributed by atoms with Gasteiger partial charge in [0, 0.05) is 23.9 Å². The number of aromatic nitrogens is 3. The van der Waals surface area contributed by atoms with E-state index in [1.165, 1.54) is 4.88 Å². The van der Waals surface area contributed by atoms with Gasteiger partial charge in [-0.05, 0) is 24.6 Å². The van der Waals surface area contributed by atoms with Crippen molar-refractivity contribution in [3.8, 4) is 0 Å². The zero-order valence-corrected chi connectivity index (χ0v) is 13.7. The van der Waals surface area contributed by atoms with Crippen LogP contribution in [0.5, 0.6) is 0 Å². The summed E-state index contributed by atoms with van der Waals surface area (Å²) in [5.74, 6) is 1.58. The molecule has 20 heavy (non-hydrogen) atoms. The highest BCUT2D eigenvalue weighted by Gasteiger charge is 2.17. The molecule has 0 bridgehead atoms. The predicted molar refractivity (Wildman–Crippen MR) is 84.3 cm³/mol. The van der Waals surface area contributed by atoms with Crippen molar-refractivity contribution in [3.63, 3.8) is 0 Å². The van der Waals surface area contributed by atoms with Crippen molar-refractivity contribution in [2.45, 2.75) is 39.8 Å². The second kappa shape index (κ2) is 7.20. The molecule has 0 aromatic carbocycles. The lowest BCUT2D eigenvalue weighted by atomic mass is 10.1.